The average molecular weight is 1660 g/mol. The van der Waals surface area contributed by atoms with Crippen molar-refractivity contribution in [3.05, 3.63) is 217 Å². The summed E-state index contributed by atoms with van der Waals surface area (Å²) in [6.07, 6.45) is -11.9. The molecule has 16 rings (SSSR count). The first-order valence-electron chi connectivity index (χ1n) is 37.3. The number of nitrogens with zero attached hydrogens (tertiary/aromatic N) is 5. The lowest BCUT2D eigenvalue weighted by Gasteiger charge is -2.34. The van der Waals surface area contributed by atoms with Gasteiger partial charge in [-0.05, 0) is 119 Å². The van der Waals surface area contributed by atoms with Gasteiger partial charge in [-0.2, -0.15) is 5.26 Å². The van der Waals surface area contributed by atoms with E-state index >= 15 is 0 Å². The number of thiophene rings is 1. The number of benzene rings is 5. The van der Waals surface area contributed by atoms with Gasteiger partial charge in [0.05, 0.1) is 97.8 Å². The first-order chi connectivity index (χ1) is 56.0. The van der Waals surface area contributed by atoms with E-state index < -0.39 is 159 Å². The summed E-state index contributed by atoms with van der Waals surface area (Å²) < 4.78 is 56.9. The number of halogens is 1. The second-order valence-corrected chi connectivity index (χ2v) is 30.6. The van der Waals surface area contributed by atoms with Crippen molar-refractivity contribution in [2.45, 2.75) is 168 Å². The lowest BCUT2D eigenvalue weighted by molar-refractivity contribution is -0.0613. The number of aromatic nitrogens is 1. The third kappa shape index (κ3) is 18.7. The zero-order chi connectivity index (χ0) is 84.7. The SMILES string of the molecule is C=C1c2ccc(C)cc2C=CN1[C@@H]1O[C@H](CO)[C@H](O)C1O.C=C1c2sccc2C=CN1[C@@H]1O[C@H](CO)[C@H](O)C1O.C=C1c2scnc2C=CN1[C@@H]1O[C@H](CO)[C@H](O)C1O.COc1cc(C#N)ccc1[C@@H]1O[C@H](CO)[C@H](O)C1O.COc1cc(C)c(F)cc1[C@@H]1O[C@H](CO)[C@H](O)C1O.Cc1cc2ccccc2cc1[C@@H]1O[C@H](CO)[C@H](O)C1O. The van der Waals surface area contributed by atoms with E-state index in [-0.39, 0.29) is 33.0 Å². The molecule has 6 saturated heterocycles. The molecule has 117 heavy (non-hydrogen) atoms. The van der Waals surface area contributed by atoms with Crippen LogP contribution in [0.15, 0.2) is 140 Å². The molecule has 11 heterocycles. The number of aliphatic hydroxyl groups excluding tert-OH is 18. The minimum atomic E-state index is -1.24. The number of ether oxygens (including phenoxy) is 8. The molecule has 5 aromatic carbocycles. The molecule has 0 aliphatic carbocycles. The summed E-state index contributed by atoms with van der Waals surface area (Å²) in [6, 6.07) is 29.4. The van der Waals surface area contributed by atoms with Crippen molar-refractivity contribution < 1.29 is 134 Å². The van der Waals surface area contributed by atoms with Crippen molar-refractivity contribution >= 4 is 68.8 Å². The average Bonchev–Trinajstić information content (AvgIpc) is 1.63. The highest BCUT2D eigenvalue weighted by atomic mass is 32.1. The predicted molar refractivity (Wildman–Crippen MR) is 425 cm³/mol. The summed E-state index contributed by atoms with van der Waals surface area (Å²) in [4.78, 5) is 11.2. The van der Waals surface area contributed by atoms with Crippen molar-refractivity contribution in [1.82, 2.24) is 19.7 Å². The van der Waals surface area contributed by atoms with Crippen LogP contribution in [0.4, 0.5) is 4.39 Å². The van der Waals surface area contributed by atoms with Gasteiger partial charge in [0.15, 0.2) is 18.7 Å². The number of methoxy groups -OCH3 is 2. The van der Waals surface area contributed by atoms with Crippen LogP contribution in [0.1, 0.15) is 89.4 Å². The van der Waals surface area contributed by atoms with E-state index in [1.165, 1.54) is 43.8 Å². The van der Waals surface area contributed by atoms with Crippen LogP contribution in [0.5, 0.6) is 11.5 Å². The smallest absolute Gasteiger partial charge is 0.163 e. The number of rotatable bonds is 14. The molecule has 31 nitrogen and oxygen atoms in total. The molecule has 0 bridgehead atoms. The summed E-state index contributed by atoms with van der Waals surface area (Å²) in [5.41, 5.74) is 12.4. The second-order valence-electron chi connectivity index (χ2n) is 28.8. The first-order valence-corrected chi connectivity index (χ1v) is 39.0. The molecule has 630 valence electrons. The Hall–Kier alpha value is -8.41. The Labute approximate surface area is 680 Å². The van der Waals surface area contributed by atoms with Crippen LogP contribution in [0, 0.1) is 37.9 Å². The maximum Gasteiger partial charge on any atom is 0.163 e. The fraction of sp³-hybridized carbons (Fsp3) is 0.422. The van der Waals surface area contributed by atoms with Crippen molar-refractivity contribution in [2.75, 3.05) is 53.9 Å². The highest BCUT2D eigenvalue weighted by Crippen LogP contribution is 2.44. The van der Waals surface area contributed by atoms with E-state index in [2.05, 4.69) is 30.8 Å². The van der Waals surface area contributed by atoms with Crippen LogP contribution < -0.4 is 9.47 Å². The first kappa shape index (κ1) is 89.4. The molecule has 18 N–H and O–H groups in total. The maximum atomic E-state index is 13.6. The number of nitriles is 1. The molecule has 6 unspecified atom stereocenters. The number of thiazole rings is 1. The highest BCUT2D eigenvalue weighted by Gasteiger charge is 2.51. The van der Waals surface area contributed by atoms with E-state index in [4.69, 9.17) is 73.8 Å². The largest absolute Gasteiger partial charge is 0.496 e. The Morgan fingerprint density at radius 3 is 1.36 bits per heavy atom. The van der Waals surface area contributed by atoms with Gasteiger partial charge in [-0.1, -0.05) is 79.9 Å². The summed E-state index contributed by atoms with van der Waals surface area (Å²) in [6.45, 7) is 15.5. The number of hydrogen-bond acceptors (Lipinski definition) is 33. The Morgan fingerprint density at radius 1 is 0.444 bits per heavy atom. The van der Waals surface area contributed by atoms with Crippen LogP contribution in [-0.2, 0) is 28.4 Å². The Morgan fingerprint density at radius 2 is 0.880 bits per heavy atom. The standard InChI is InChI=1S/C16H19NO4.C16H18O4.C13H17FO5.C13H15NO5.C13H15NO4S.C12H14N2O4S/c1-9-3-4-12-10(2)17(6-5-11(12)7-9)16-15(20)14(19)13(8-18)21-16;1-9-6-10-4-2-3-5-11(10)7-12(9)16-15(19)14(18)13(8-17)20-16;1-6-3-9(18-2)7(4-8(6)14)13-12(17)11(16)10(5-15)19-13;1-18-9-4-7(5-14)2-3-8(9)13-12(17)11(16)10(6-15)19-13;1-7-12-8(3-5-19-12)2-4-14(7)13-11(17)10(16)9(6-15)18-13;1-6-11-7(13-5-19-11)2-3-14(6)12-10(17)9(16)8(4-15)18-12/h3-7,13-16,18-20H,2,8H2,1H3;2-7,13-19H,8H2,1H3;3-4,10-13,15-17H,5H2,1-2H3;2-4,10-13,15-17H,6H2,1H3;2-5,9-11,13,15-17H,1,6H2;2-3,5,8-10,12,15-17H,1,4H2/t13-,14+,15?,16-;13-,14+,15?,16+;2*10-,11+,12?,13+;9-,10+,11?,13-;8-,9+,10?,12-/m111111/s1. The lowest BCUT2D eigenvalue weighted by Crippen LogP contribution is -2.41. The zero-order valence-electron chi connectivity index (χ0n) is 64.2. The van der Waals surface area contributed by atoms with Crippen molar-refractivity contribution in [1.29, 1.82) is 5.26 Å². The lowest BCUT2D eigenvalue weighted by atomic mass is 9.94. The van der Waals surface area contributed by atoms with Gasteiger partial charge in [0.2, 0.25) is 0 Å². The highest BCUT2D eigenvalue weighted by molar-refractivity contribution is 7.11. The van der Waals surface area contributed by atoms with E-state index in [1.807, 2.05) is 92.0 Å². The normalized spacial score (nSPS) is 31.6. The molecule has 7 aromatic rings. The monoisotopic (exact) mass is 1660 g/mol. The fourth-order valence-electron chi connectivity index (χ4n) is 14.8. The fourth-order valence-corrected chi connectivity index (χ4v) is 16.4. The molecule has 24 atom stereocenters. The molecule has 0 amide bonds. The summed E-state index contributed by atoms with van der Waals surface area (Å²) >= 11 is 3.02. The van der Waals surface area contributed by atoms with Gasteiger partial charge in [-0.15, -0.1) is 22.7 Å². The quantitative estimate of drug-likeness (QED) is 0.0742. The van der Waals surface area contributed by atoms with Crippen LogP contribution in [0.3, 0.4) is 0 Å². The molecule has 2 aromatic heterocycles. The van der Waals surface area contributed by atoms with E-state index in [0.29, 0.717) is 45.1 Å². The Balaban J connectivity index is 0.000000138. The molecule has 9 aliphatic rings. The maximum absolute atomic E-state index is 13.6. The zero-order valence-corrected chi connectivity index (χ0v) is 65.9. The van der Waals surface area contributed by atoms with Crippen LogP contribution in [0.25, 0.3) is 46.1 Å². The number of hydrogen-bond donors (Lipinski definition) is 18. The number of fused-ring (bicyclic) bond motifs is 4. The minimum Gasteiger partial charge on any atom is -0.496 e. The molecule has 9 aliphatic heterocycles. The van der Waals surface area contributed by atoms with Crippen molar-refractivity contribution in [3.8, 4) is 17.6 Å². The van der Waals surface area contributed by atoms with Gasteiger partial charge in [0.1, 0.15) is 145 Å². The van der Waals surface area contributed by atoms with Crippen LogP contribution >= 0.6 is 22.7 Å². The van der Waals surface area contributed by atoms with Crippen molar-refractivity contribution in [2.24, 2.45) is 0 Å². The third-order valence-electron chi connectivity index (χ3n) is 21.4. The van der Waals surface area contributed by atoms with E-state index in [1.54, 1.807) is 75.3 Å². The van der Waals surface area contributed by atoms with Gasteiger partial charge in [-0.25, -0.2) is 9.37 Å². The third-order valence-corrected chi connectivity index (χ3v) is 23.3. The van der Waals surface area contributed by atoms with Crippen LogP contribution in [0.2, 0.25) is 0 Å². The topological polar surface area (TPSA) is 484 Å². The minimum absolute atomic E-state index is 0.304. The summed E-state index contributed by atoms with van der Waals surface area (Å²) in [5, 5.41) is 187. The molecule has 0 spiro atoms. The predicted octanol–water partition coefficient (Wildman–Crippen LogP) is 2.29. The van der Waals surface area contributed by atoms with Gasteiger partial charge in [0, 0.05) is 41.0 Å². The van der Waals surface area contributed by atoms with Crippen molar-refractivity contribution in [3.63, 3.8) is 0 Å². The van der Waals surface area contributed by atoms with Gasteiger partial charge in [-0.3, -0.25) is 0 Å². The number of aliphatic hydroxyl groups is 18. The molecular weight excluding hydrogens is 1570 g/mol. The number of aryl methyl sites for hydroxylation is 3. The Kier molecular flexibility index (Phi) is 29.9. The van der Waals surface area contributed by atoms with E-state index in [0.717, 1.165) is 65.3 Å². The molecule has 0 radical (unpaired) electrons. The summed E-state index contributed by atoms with van der Waals surface area (Å²) in [7, 11) is 2.87. The Bertz CT molecular complexity index is 4660. The van der Waals surface area contributed by atoms with E-state index in [9.17, 15) is 65.7 Å². The molecular formula is C83H98FN5O26S2. The van der Waals surface area contributed by atoms with Gasteiger partial charge >= 0.3 is 0 Å². The summed E-state index contributed by atoms with van der Waals surface area (Å²) in [5.74, 6) is 0.316. The molecule has 0 saturated carbocycles. The molecule has 6 fully saturated rings. The molecule has 34 heteroatoms. The second kappa shape index (κ2) is 39.2. The van der Waals surface area contributed by atoms with Gasteiger partial charge < -0.3 is 145 Å². The van der Waals surface area contributed by atoms with Crippen LogP contribution in [-0.4, -0.2) is 294 Å². The van der Waals surface area contributed by atoms with Gasteiger partial charge in [0.25, 0.3) is 0 Å².